The normalized spacial score (nSPS) is 10.1. The van der Waals surface area contributed by atoms with Gasteiger partial charge in [0.25, 0.3) is 5.91 Å². The number of nitrogens with zero attached hydrogens (tertiary/aromatic N) is 1. The van der Waals surface area contributed by atoms with Gasteiger partial charge < -0.3 is 15.5 Å². The van der Waals surface area contributed by atoms with Gasteiger partial charge >= 0.3 is 5.97 Å². The summed E-state index contributed by atoms with van der Waals surface area (Å²) in [6.45, 7) is 0. The van der Waals surface area contributed by atoms with Gasteiger partial charge in [0.15, 0.2) is 0 Å². The highest BCUT2D eigenvalue weighted by Crippen LogP contribution is 2.16. The number of anilines is 1. The summed E-state index contributed by atoms with van der Waals surface area (Å²) < 4.78 is 13.2. The Balaban J connectivity index is 2.24. The smallest absolute Gasteiger partial charge is 0.338 e. The number of carbonyl (C=O) groups excluding carboxylic acids is 1. The summed E-state index contributed by atoms with van der Waals surface area (Å²) in [5.74, 6) is -3.11. The minimum atomic E-state index is -1.43. The average Bonchev–Trinajstić information content (AvgIpc) is 2.40. The van der Waals surface area contributed by atoms with Crippen molar-refractivity contribution < 1.29 is 24.2 Å². The summed E-state index contributed by atoms with van der Waals surface area (Å²) >= 11 is 0. The van der Waals surface area contributed by atoms with Gasteiger partial charge in [0, 0.05) is 11.9 Å². The van der Waals surface area contributed by atoms with Gasteiger partial charge in [-0.1, -0.05) is 0 Å². The van der Waals surface area contributed by atoms with E-state index in [1.165, 1.54) is 18.3 Å². The quantitative estimate of drug-likeness (QED) is 0.794. The Morgan fingerprint density at radius 2 is 1.95 bits per heavy atom. The standard InChI is InChI=1S/C13H9FN2O4/c14-11-2-1-8(4-10(11)13(19)20)16-12(18)7-3-9(17)6-15-5-7/h1-6,17H,(H,16,18)(H,19,20). The van der Waals surface area contributed by atoms with Gasteiger partial charge in [0.2, 0.25) is 0 Å². The molecule has 0 bridgehead atoms. The third-order valence-electron chi connectivity index (χ3n) is 2.44. The van der Waals surface area contributed by atoms with E-state index in [2.05, 4.69) is 10.3 Å². The van der Waals surface area contributed by atoms with Crippen molar-refractivity contribution >= 4 is 17.6 Å². The summed E-state index contributed by atoms with van der Waals surface area (Å²) in [6.07, 6.45) is 2.40. The summed E-state index contributed by atoms with van der Waals surface area (Å²) in [6, 6.07) is 4.38. The maximum atomic E-state index is 13.2. The van der Waals surface area contributed by atoms with E-state index in [0.717, 1.165) is 18.3 Å². The number of carbonyl (C=O) groups is 2. The van der Waals surface area contributed by atoms with Crippen LogP contribution >= 0.6 is 0 Å². The molecule has 0 radical (unpaired) electrons. The number of aromatic carboxylic acids is 1. The number of amides is 1. The number of rotatable bonds is 3. The molecular formula is C13H9FN2O4. The van der Waals surface area contributed by atoms with E-state index in [4.69, 9.17) is 5.11 Å². The number of carboxylic acid groups (broad SMARTS) is 1. The minimum Gasteiger partial charge on any atom is -0.506 e. The van der Waals surface area contributed by atoms with Gasteiger partial charge in [-0.25, -0.2) is 9.18 Å². The SMILES string of the molecule is O=C(Nc1ccc(F)c(C(=O)O)c1)c1cncc(O)c1. The Hall–Kier alpha value is -2.96. The third-order valence-corrected chi connectivity index (χ3v) is 2.44. The van der Waals surface area contributed by atoms with Crippen LogP contribution in [0.1, 0.15) is 20.7 Å². The second-order valence-electron chi connectivity index (χ2n) is 3.89. The number of benzene rings is 1. The first-order chi connectivity index (χ1) is 9.47. The Kier molecular flexibility index (Phi) is 3.60. The molecule has 20 heavy (non-hydrogen) atoms. The van der Waals surface area contributed by atoms with Crippen molar-refractivity contribution in [3.8, 4) is 5.75 Å². The molecule has 2 aromatic rings. The molecule has 0 atom stereocenters. The zero-order valence-electron chi connectivity index (χ0n) is 10.0. The molecule has 1 aromatic heterocycles. The molecule has 0 aliphatic rings. The van der Waals surface area contributed by atoms with Gasteiger partial charge in [-0.05, 0) is 24.3 Å². The zero-order chi connectivity index (χ0) is 14.7. The maximum Gasteiger partial charge on any atom is 0.338 e. The summed E-state index contributed by atoms with van der Waals surface area (Å²) in [4.78, 5) is 26.2. The molecule has 3 N–H and O–H groups in total. The Morgan fingerprint density at radius 1 is 1.20 bits per heavy atom. The largest absolute Gasteiger partial charge is 0.506 e. The van der Waals surface area contributed by atoms with Crippen LogP contribution in [0.15, 0.2) is 36.7 Å². The van der Waals surface area contributed by atoms with E-state index in [1.54, 1.807) is 0 Å². The summed E-state index contributed by atoms with van der Waals surface area (Å²) in [7, 11) is 0. The molecule has 1 aromatic carbocycles. The molecule has 7 heteroatoms. The highest BCUT2D eigenvalue weighted by atomic mass is 19.1. The molecule has 1 heterocycles. The zero-order valence-corrected chi connectivity index (χ0v) is 10.0. The van der Waals surface area contributed by atoms with Crippen LogP contribution in [0.4, 0.5) is 10.1 Å². The number of pyridine rings is 1. The first kappa shape index (κ1) is 13.5. The lowest BCUT2D eigenvalue weighted by molar-refractivity contribution is 0.0691. The van der Waals surface area contributed by atoms with Crippen molar-refractivity contribution in [2.75, 3.05) is 5.32 Å². The predicted octanol–water partition coefficient (Wildman–Crippen LogP) is 1.88. The molecule has 0 aliphatic heterocycles. The molecule has 102 valence electrons. The number of aromatic nitrogens is 1. The van der Waals surface area contributed by atoms with E-state index in [-0.39, 0.29) is 17.0 Å². The lowest BCUT2D eigenvalue weighted by atomic mass is 10.2. The minimum absolute atomic E-state index is 0.0891. The first-order valence-corrected chi connectivity index (χ1v) is 5.45. The van der Waals surface area contributed by atoms with E-state index in [1.807, 2.05) is 0 Å². The predicted molar refractivity (Wildman–Crippen MR) is 67.2 cm³/mol. The highest BCUT2D eigenvalue weighted by Gasteiger charge is 2.13. The number of halogens is 1. The number of carboxylic acids is 1. The van der Waals surface area contributed by atoms with Crippen LogP contribution in [-0.4, -0.2) is 27.1 Å². The van der Waals surface area contributed by atoms with Gasteiger partial charge in [0.05, 0.1) is 17.3 Å². The van der Waals surface area contributed by atoms with Crippen molar-refractivity contribution in [1.82, 2.24) is 4.98 Å². The Labute approximate surface area is 112 Å². The van der Waals surface area contributed by atoms with E-state index in [9.17, 15) is 19.1 Å². The molecule has 0 saturated heterocycles. The van der Waals surface area contributed by atoms with Gasteiger partial charge in [0.1, 0.15) is 11.6 Å². The van der Waals surface area contributed by atoms with Crippen LogP contribution in [0, 0.1) is 5.82 Å². The van der Waals surface area contributed by atoms with Gasteiger partial charge in [-0.3, -0.25) is 9.78 Å². The molecule has 0 unspecified atom stereocenters. The summed E-state index contributed by atoms with van der Waals surface area (Å²) in [5.41, 5.74) is -0.333. The maximum absolute atomic E-state index is 13.2. The average molecular weight is 276 g/mol. The van der Waals surface area contributed by atoms with Crippen LogP contribution in [0.2, 0.25) is 0 Å². The van der Waals surface area contributed by atoms with Crippen LogP contribution in [0.3, 0.4) is 0 Å². The third kappa shape index (κ3) is 2.89. The topological polar surface area (TPSA) is 99.5 Å². The second kappa shape index (κ2) is 5.35. The Morgan fingerprint density at radius 3 is 2.60 bits per heavy atom. The van der Waals surface area contributed by atoms with Crippen LogP contribution in [0.5, 0.6) is 5.75 Å². The van der Waals surface area contributed by atoms with E-state index >= 15 is 0 Å². The van der Waals surface area contributed by atoms with Gasteiger partial charge in [-0.15, -0.1) is 0 Å². The lowest BCUT2D eigenvalue weighted by Gasteiger charge is -2.06. The van der Waals surface area contributed by atoms with Gasteiger partial charge in [-0.2, -0.15) is 0 Å². The molecule has 0 spiro atoms. The van der Waals surface area contributed by atoms with Crippen LogP contribution in [0.25, 0.3) is 0 Å². The van der Waals surface area contributed by atoms with Crippen LogP contribution in [-0.2, 0) is 0 Å². The Bertz CT molecular complexity index is 688. The van der Waals surface area contributed by atoms with Crippen molar-refractivity contribution in [2.24, 2.45) is 0 Å². The molecular weight excluding hydrogens is 267 g/mol. The van der Waals surface area contributed by atoms with E-state index < -0.39 is 23.3 Å². The first-order valence-electron chi connectivity index (χ1n) is 5.45. The van der Waals surface area contributed by atoms with Crippen LogP contribution < -0.4 is 5.32 Å². The molecule has 0 saturated carbocycles. The molecule has 1 amide bonds. The van der Waals surface area contributed by atoms with E-state index in [0.29, 0.717) is 0 Å². The fourth-order valence-corrected chi connectivity index (χ4v) is 1.52. The molecule has 2 rings (SSSR count). The van der Waals surface area contributed by atoms with Crippen molar-refractivity contribution in [2.45, 2.75) is 0 Å². The van der Waals surface area contributed by atoms with Crippen molar-refractivity contribution in [3.05, 3.63) is 53.6 Å². The number of hydrogen-bond acceptors (Lipinski definition) is 4. The monoisotopic (exact) mass is 276 g/mol. The number of hydrogen-bond donors (Lipinski definition) is 3. The molecule has 0 fully saturated rings. The fourth-order valence-electron chi connectivity index (χ4n) is 1.52. The second-order valence-corrected chi connectivity index (χ2v) is 3.89. The number of nitrogens with one attached hydrogen (secondary N) is 1. The lowest BCUT2D eigenvalue weighted by Crippen LogP contribution is -2.13. The fraction of sp³-hybridized carbons (Fsp3) is 0. The highest BCUT2D eigenvalue weighted by molar-refractivity contribution is 6.04. The van der Waals surface area contributed by atoms with Crippen molar-refractivity contribution in [1.29, 1.82) is 0 Å². The number of aromatic hydroxyl groups is 1. The molecule has 0 aliphatic carbocycles. The van der Waals surface area contributed by atoms with Crippen molar-refractivity contribution in [3.63, 3.8) is 0 Å². The molecule has 6 nitrogen and oxygen atoms in total. The summed E-state index contributed by atoms with van der Waals surface area (Å²) in [5, 5.41) is 20.4.